The van der Waals surface area contributed by atoms with Crippen molar-refractivity contribution in [2.24, 2.45) is 0 Å². The van der Waals surface area contributed by atoms with E-state index in [0.717, 1.165) is 44.9 Å². The van der Waals surface area contributed by atoms with Crippen LogP contribution in [0.4, 0.5) is 0 Å². The van der Waals surface area contributed by atoms with E-state index in [9.17, 15) is 30.3 Å². The summed E-state index contributed by atoms with van der Waals surface area (Å²) in [4.78, 5) is 13.1. The number of amides is 1. The summed E-state index contributed by atoms with van der Waals surface area (Å²) in [5.74, 6) is -0.145. The highest BCUT2D eigenvalue weighted by atomic mass is 16.7. The molecule has 7 atom stereocenters. The summed E-state index contributed by atoms with van der Waals surface area (Å²) in [5.41, 5.74) is 0. The van der Waals surface area contributed by atoms with E-state index in [-0.39, 0.29) is 12.5 Å². The lowest BCUT2D eigenvalue weighted by molar-refractivity contribution is -0.302. The van der Waals surface area contributed by atoms with Crippen molar-refractivity contribution in [3.05, 3.63) is 24.3 Å². The second-order valence-electron chi connectivity index (χ2n) is 20.8. The van der Waals surface area contributed by atoms with Gasteiger partial charge in [-0.25, -0.2) is 0 Å². The molecule has 0 spiro atoms. The minimum absolute atomic E-state index is 0.137. The second-order valence-corrected chi connectivity index (χ2v) is 20.8. The fourth-order valence-electron chi connectivity index (χ4n) is 9.61. The average molecular weight is 965 g/mol. The van der Waals surface area contributed by atoms with E-state index in [1.165, 1.54) is 218 Å². The number of carbonyl (C=O) groups is 1. The summed E-state index contributed by atoms with van der Waals surface area (Å²) in [6.45, 7) is 3.86. The molecule has 0 aromatic carbocycles. The van der Waals surface area contributed by atoms with Crippen molar-refractivity contribution >= 4 is 5.91 Å². The van der Waals surface area contributed by atoms with Crippen LogP contribution in [-0.2, 0) is 14.3 Å². The zero-order valence-electron chi connectivity index (χ0n) is 44.6. The Morgan fingerprint density at radius 2 is 0.868 bits per heavy atom. The third-order valence-electron chi connectivity index (χ3n) is 14.3. The molecule has 1 heterocycles. The highest BCUT2D eigenvalue weighted by Gasteiger charge is 2.44. The van der Waals surface area contributed by atoms with E-state index < -0.39 is 49.5 Å². The van der Waals surface area contributed by atoms with Crippen LogP contribution in [0.1, 0.15) is 290 Å². The molecule has 0 saturated carbocycles. The Labute approximate surface area is 419 Å². The van der Waals surface area contributed by atoms with E-state index in [1.54, 1.807) is 0 Å². The minimum Gasteiger partial charge on any atom is -0.394 e. The van der Waals surface area contributed by atoms with Crippen molar-refractivity contribution in [1.29, 1.82) is 0 Å². The molecular formula is C59H113NO8. The van der Waals surface area contributed by atoms with E-state index in [4.69, 9.17) is 9.47 Å². The summed E-state index contributed by atoms with van der Waals surface area (Å²) < 4.78 is 11.3. The van der Waals surface area contributed by atoms with Crippen LogP contribution in [0.3, 0.4) is 0 Å². The molecule has 1 aliphatic rings. The fourth-order valence-corrected chi connectivity index (χ4v) is 9.61. The molecule has 7 unspecified atom stereocenters. The number of aliphatic hydroxyl groups is 5. The van der Waals surface area contributed by atoms with E-state index in [1.807, 2.05) is 0 Å². The number of allylic oxidation sites excluding steroid dienone is 4. The molecule has 1 amide bonds. The largest absolute Gasteiger partial charge is 0.394 e. The zero-order valence-corrected chi connectivity index (χ0v) is 44.6. The Kier molecular flexibility index (Phi) is 46.9. The van der Waals surface area contributed by atoms with Crippen LogP contribution in [0.5, 0.6) is 0 Å². The van der Waals surface area contributed by atoms with Crippen molar-refractivity contribution in [2.75, 3.05) is 13.2 Å². The molecule has 6 N–H and O–H groups in total. The molecule has 0 bridgehead atoms. The molecule has 402 valence electrons. The van der Waals surface area contributed by atoms with Gasteiger partial charge in [-0.05, 0) is 44.9 Å². The van der Waals surface area contributed by atoms with Crippen molar-refractivity contribution < 1.29 is 39.8 Å². The quantitative estimate of drug-likeness (QED) is 0.0261. The van der Waals surface area contributed by atoms with Crippen molar-refractivity contribution in [1.82, 2.24) is 5.32 Å². The maximum absolute atomic E-state index is 13.1. The maximum Gasteiger partial charge on any atom is 0.220 e. The zero-order chi connectivity index (χ0) is 49.4. The van der Waals surface area contributed by atoms with Gasteiger partial charge in [0.15, 0.2) is 6.29 Å². The third kappa shape index (κ3) is 38.4. The Bertz CT molecular complexity index is 1120. The van der Waals surface area contributed by atoms with E-state index >= 15 is 0 Å². The van der Waals surface area contributed by atoms with Gasteiger partial charge in [-0.15, -0.1) is 0 Å². The molecular weight excluding hydrogens is 851 g/mol. The molecule has 1 saturated heterocycles. The van der Waals surface area contributed by atoms with Gasteiger partial charge < -0.3 is 40.3 Å². The van der Waals surface area contributed by atoms with Gasteiger partial charge in [-0.3, -0.25) is 4.79 Å². The van der Waals surface area contributed by atoms with E-state index in [2.05, 4.69) is 43.5 Å². The molecule has 0 radical (unpaired) electrons. The predicted molar refractivity (Wildman–Crippen MR) is 286 cm³/mol. The first-order valence-corrected chi connectivity index (χ1v) is 29.5. The molecule has 1 fully saturated rings. The summed E-state index contributed by atoms with van der Waals surface area (Å²) >= 11 is 0. The second kappa shape index (κ2) is 49.3. The number of rotatable bonds is 51. The number of hydrogen-bond acceptors (Lipinski definition) is 8. The van der Waals surface area contributed by atoms with Crippen LogP contribution in [0.2, 0.25) is 0 Å². The number of hydrogen-bond donors (Lipinski definition) is 6. The minimum atomic E-state index is -1.55. The molecule has 1 rings (SSSR count). The Morgan fingerprint density at radius 3 is 1.26 bits per heavy atom. The standard InChI is InChI=1S/C59H113NO8/c1-3-5-7-9-11-13-15-17-19-21-23-25-26-27-29-30-32-34-36-38-40-42-44-46-48-53(62)52(51-67-59-58(66)57(65)56(64)54(50-61)68-59)60-55(63)49-47-45-43-41-39-37-35-33-31-28-24-22-20-18-16-14-12-10-8-6-4-2/h16,18,22,24,52-54,56-59,61-62,64-66H,3-15,17,19-21,23,25-51H2,1-2H3,(H,60,63)/b18-16-,24-22-. The number of aliphatic hydroxyl groups excluding tert-OH is 5. The summed E-state index contributed by atoms with van der Waals surface area (Å²) in [5, 5.41) is 54.7. The number of unbranched alkanes of at least 4 members (excludes halogenated alkanes) is 37. The highest BCUT2D eigenvalue weighted by Crippen LogP contribution is 2.23. The van der Waals surface area contributed by atoms with Crippen LogP contribution >= 0.6 is 0 Å². The first-order chi connectivity index (χ1) is 33.3. The Morgan fingerprint density at radius 1 is 0.500 bits per heavy atom. The van der Waals surface area contributed by atoms with Crippen LogP contribution < -0.4 is 5.32 Å². The molecule has 0 aromatic heterocycles. The fraction of sp³-hybridized carbons (Fsp3) is 0.915. The molecule has 9 nitrogen and oxygen atoms in total. The SMILES string of the molecule is CCCCCCC/C=C\C/C=C\CCCCCCCCCCCC(=O)NC(COC1OC(CO)C(O)C(O)C1O)C(O)CCCCCCCCCCCCCCCCCCCCCCCCCC. The van der Waals surface area contributed by atoms with Gasteiger partial charge in [0.1, 0.15) is 24.4 Å². The lowest BCUT2D eigenvalue weighted by Crippen LogP contribution is -2.60. The molecule has 68 heavy (non-hydrogen) atoms. The predicted octanol–water partition coefficient (Wildman–Crippen LogP) is 14.6. The van der Waals surface area contributed by atoms with Crippen molar-refractivity contribution in [3.8, 4) is 0 Å². The molecule has 0 aliphatic carbocycles. The van der Waals surface area contributed by atoms with Gasteiger partial charge in [-0.2, -0.15) is 0 Å². The summed E-state index contributed by atoms with van der Waals surface area (Å²) in [6.07, 6.45) is 54.9. The lowest BCUT2D eigenvalue weighted by Gasteiger charge is -2.40. The van der Waals surface area contributed by atoms with Crippen LogP contribution in [0.25, 0.3) is 0 Å². The normalized spacial score (nSPS) is 19.7. The smallest absolute Gasteiger partial charge is 0.220 e. The summed E-state index contributed by atoms with van der Waals surface area (Å²) in [7, 11) is 0. The van der Waals surface area contributed by atoms with Crippen LogP contribution in [0, 0.1) is 0 Å². The third-order valence-corrected chi connectivity index (χ3v) is 14.3. The molecule has 9 heteroatoms. The van der Waals surface area contributed by atoms with Gasteiger partial charge in [0, 0.05) is 6.42 Å². The Hall–Kier alpha value is -1.33. The lowest BCUT2D eigenvalue weighted by atomic mass is 9.99. The average Bonchev–Trinajstić information content (AvgIpc) is 3.34. The van der Waals surface area contributed by atoms with Gasteiger partial charge in [0.2, 0.25) is 5.91 Å². The highest BCUT2D eigenvalue weighted by molar-refractivity contribution is 5.76. The summed E-state index contributed by atoms with van der Waals surface area (Å²) in [6, 6.07) is -0.721. The first kappa shape index (κ1) is 64.7. The van der Waals surface area contributed by atoms with Gasteiger partial charge in [0.25, 0.3) is 0 Å². The van der Waals surface area contributed by atoms with Gasteiger partial charge in [-0.1, -0.05) is 263 Å². The monoisotopic (exact) mass is 964 g/mol. The molecule has 1 aliphatic heterocycles. The Balaban J connectivity index is 2.20. The number of nitrogens with one attached hydrogen (secondary N) is 1. The van der Waals surface area contributed by atoms with Crippen molar-refractivity contribution in [3.63, 3.8) is 0 Å². The topological polar surface area (TPSA) is 149 Å². The van der Waals surface area contributed by atoms with Crippen molar-refractivity contribution in [2.45, 2.75) is 333 Å². The van der Waals surface area contributed by atoms with Crippen LogP contribution in [0.15, 0.2) is 24.3 Å². The number of carbonyl (C=O) groups excluding carboxylic acids is 1. The maximum atomic E-state index is 13.1. The number of ether oxygens (including phenoxy) is 2. The van der Waals surface area contributed by atoms with E-state index in [0.29, 0.717) is 12.8 Å². The first-order valence-electron chi connectivity index (χ1n) is 29.5. The van der Waals surface area contributed by atoms with Crippen LogP contribution in [-0.4, -0.2) is 87.5 Å². The van der Waals surface area contributed by atoms with Gasteiger partial charge >= 0.3 is 0 Å². The molecule has 0 aromatic rings. The van der Waals surface area contributed by atoms with Gasteiger partial charge in [0.05, 0.1) is 25.4 Å².